The molecule has 1 saturated heterocycles. The van der Waals surface area contributed by atoms with Crippen molar-refractivity contribution in [2.24, 2.45) is 17.8 Å². The highest BCUT2D eigenvalue weighted by Crippen LogP contribution is 2.39. The Kier molecular flexibility index (Phi) is 8.82. The third-order valence-corrected chi connectivity index (χ3v) is 7.07. The quantitative estimate of drug-likeness (QED) is 0.212. The van der Waals surface area contributed by atoms with E-state index in [1.165, 1.54) is 0 Å². The molecule has 2 N–H and O–H groups in total. The average Bonchev–Trinajstić information content (AvgIpc) is 3.44. The van der Waals surface area contributed by atoms with Crippen molar-refractivity contribution in [1.29, 1.82) is 0 Å². The van der Waals surface area contributed by atoms with Gasteiger partial charge in [-0.3, -0.25) is 4.79 Å². The molecule has 6 nitrogen and oxygen atoms in total. The van der Waals surface area contributed by atoms with Crippen LogP contribution >= 0.6 is 11.6 Å². The van der Waals surface area contributed by atoms with Crippen LogP contribution in [0.15, 0.2) is 36.0 Å². The van der Waals surface area contributed by atoms with E-state index in [0.717, 1.165) is 12.0 Å². The first-order valence-corrected chi connectivity index (χ1v) is 12.0. The zero-order valence-electron chi connectivity index (χ0n) is 19.7. The van der Waals surface area contributed by atoms with Crippen molar-refractivity contribution in [1.82, 2.24) is 0 Å². The van der Waals surface area contributed by atoms with Gasteiger partial charge in [-0.05, 0) is 25.5 Å². The molecule has 33 heavy (non-hydrogen) atoms. The van der Waals surface area contributed by atoms with Crippen LogP contribution in [0.4, 0.5) is 0 Å². The summed E-state index contributed by atoms with van der Waals surface area (Å²) in [5.41, 5.74) is 1.00. The number of esters is 1. The third kappa shape index (κ3) is 7.18. The molecule has 2 aliphatic heterocycles. The van der Waals surface area contributed by atoms with Crippen LogP contribution in [0.2, 0.25) is 0 Å². The maximum Gasteiger partial charge on any atom is 0.311 e. The Hall–Kier alpha value is -1.62. The van der Waals surface area contributed by atoms with Gasteiger partial charge in [-0.2, -0.15) is 0 Å². The monoisotopic (exact) mass is 478 g/mol. The zero-order valence-corrected chi connectivity index (χ0v) is 20.5. The predicted octanol–water partition coefficient (Wildman–Crippen LogP) is 3.51. The summed E-state index contributed by atoms with van der Waals surface area (Å²) in [6, 6.07) is 0. The van der Waals surface area contributed by atoms with Crippen LogP contribution in [0.5, 0.6) is 0 Å². The van der Waals surface area contributed by atoms with Gasteiger partial charge < -0.3 is 24.4 Å². The van der Waals surface area contributed by atoms with E-state index in [4.69, 9.17) is 25.8 Å². The molecular formula is C26H35ClO6. The Morgan fingerprint density at radius 1 is 1.30 bits per heavy atom. The van der Waals surface area contributed by atoms with E-state index in [2.05, 4.69) is 11.8 Å². The lowest BCUT2D eigenvalue weighted by Gasteiger charge is -2.46. The number of ether oxygens (including phenoxy) is 3. The number of methoxy groups -OCH3 is 1. The van der Waals surface area contributed by atoms with Crippen LogP contribution in [0, 0.1) is 29.6 Å². The number of hydrogen-bond acceptors (Lipinski definition) is 6. The summed E-state index contributed by atoms with van der Waals surface area (Å²) < 4.78 is 17.4. The Labute approximate surface area is 201 Å². The van der Waals surface area contributed by atoms with E-state index >= 15 is 0 Å². The second-order valence-corrected chi connectivity index (χ2v) is 10.1. The minimum atomic E-state index is -1.79. The van der Waals surface area contributed by atoms with Gasteiger partial charge in [-0.25, -0.2) is 0 Å². The van der Waals surface area contributed by atoms with Crippen molar-refractivity contribution in [2.75, 3.05) is 7.11 Å². The van der Waals surface area contributed by atoms with Gasteiger partial charge in [0, 0.05) is 43.1 Å². The maximum absolute atomic E-state index is 12.7. The highest BCUT2D eigenvalue weighted by atomic mass is 35.5. The number of aliphatic hydroxyl groups excluding tert-OH is 1. The summed E-state index contributed by atoms with van der Waals surface area (Å²) in [4.78, 5) is 12.7. The fraction of sp³-hybridized carbons (Fsp3) is 0.654. The standard InChI is InChI=1S/C26H35ClO6/c1-16-11-20(10-8-6-5-7-9-19-13-21(19)27)32-24(29)15-26(30)14-22(28)17(2)25(33-26)18(3)23(12-16)31-4/h5-6,8,10,12,17-23,25,28,30H,11,13-15H2,1-4H3/b6-5+,10-8+,16-12+/t17-,18-,19+,20+,21+,22+,23-,25-,26-/m0/s1. The normalized spacial score (nSPS) is 43.6. The van der Waals surface area contributed by atoms with E-state index in [0.29, 0.717) is 6.42 Å². The molecule has 0 aromatic heterocycles. The number of allylic oxidation sites excluding steroid dienone is 3. The van der Waals surface area contributed by atoms with Crippen molar-refractivity contribution < 1.29 is 29.2 Å². The minimum absolute atomic E-state index is 0.0505. The SMILES string of the molecule is CO[C@H]1/C=C(\C)C[C@@H](/C=C/C=C/C#C[C@@H]2C[C@H]2Cl)OC(=O)C[C@]2(O)C[C@@H](O)[C@H](C)[C@H](O2)[C@H]1C. The number of rotatable bonds is 3. The Bertz CT molecular complexity index is 855. The first-order chi connectivity index (χ1) is 15.6. The number of aliphatic hydroxyl groups is 2. The third-order valence-electron chi connectivity index (χ3n) is 6.59. The lowest BCUT2D eigenvalue weighted by atomic mass is 9.80. The number of hydrogen-bond donors (Lipinski definition) is 2. The molecule has 0 aromatic carbocycles. The van der Waals surface area contributed by atoms with Crippen LogP contribution in [0.25, 0.3) is 0 Å². The van der Waals surface area contributed by atoms with Crippen molar-refractivity contribution >= 4 is 17.6 Å². The average molecular weight is 479 g/mol. The molecule has 2 fully saturated rings. The molecule has 2 heterocycles. The summed E-state index contributed by atoms with van der Waals surface area (Å²) in [5, 5.41) is 21.8. The molecule has 3 rings (SSSR count). The lowest BCUT2D eigenvalue weighted by Crippen LogP contribution is -2.55. The fourth-order valence-corrected chi connectivity index (χ4v) is 4.73. The number of halogens is 1. The Morgan fingerprint density at radius 3 is 2.70 bits per heavy atom. The van der Waals surface area contributed by atoms with Crippen molar-refractivity contribution in [3.63, 3.8) is 0 Å². The van der Waals surface area contributed by atoms with Gasteiger partial charge in [0.05, 0.1) is 24.7 Å². The molecule has 0 radical (unpaired) electrons. The minimum Gasteiger partial charge on any atom is -0.458 e. The van der Waals surface area contributed by atoms with Crippen LogP contribution in [0.3, 0.4) is 0 Å². The zero-order chi connectivity index (χ0) is 24.2. The molecule has 1 saturated carbocycles. The molecule has 0 spiro atoms. The second kappa shape index (κ2) is 11.2. The smallest absolute Gasteiger partial charge is 0.311 e. The Balaban J connectivity index is 1.79. The van der Waals surface area contributed by atoms with Gasteiger partial charge in [0.2, 0.25) is 0 Å². The summed E-state index contributed by atoms with van der Waals surface area (Å²) in [7, 11) is 1.63. The van der Waals surface area contributed by atoms with Crippen LogP contribution in [-0.4, -0.2) is 58.9 Å². The van der Waals surface area contributed by atoms with Crippen LogP contribution in [0.1, 0.15) is 46.5 Å². The maximum atomic E-state index is 12.7. The Morgan fingerprint density at radius 2 is 2.03 bits per heavy atom. The van der Waals surface area contributed by atoms with E-state index in [9.17, 15) is 15.0 Å². The van der Waals surface area contributed by atoms with Gasteiger partial charge in [0.15, 0.2) is 5.79 Å². The van der Waals surface area contributed by atoms with E-state index in [1.807, 2.05) is 26.8 Å². The number of fused-ring (bicyclic) bond motifs is 2. The summed E-state index contributed by atoms with van der Waals surface area (Å²) in [6.45, 7) is 5.82. The van der Waals surface area contributed by atoms with Crippen molar-refractivity contribution in [3.8, 4) is 11.8 Å². The molecule has 0 aromatic rings. The largest absolute Gasteiger partial charge is 0.458 e. The first kappa shape index (κ1) is 26.0. The molecule has 9 atom stereocenters. The van der Waals surface area contributed by atoms with Crippen LogP contribution in [-0.2, 0) is 19.0 Å². The first-order valence-electron chi connectivity index (χ1n) is 11.6. The van der Waals surface area contributed by atoms with Crippen LogP contribution < -0.4 is 0 Å². The highest BCUT2D eigenvalue weighted by molar-refractivity contribution is 6.22. The van der Waals surface area contributed by atoms with E-state index in [1.54, 1.807) is 31.4 Å². The van der Waals surface area contributed by atoms with E-state index in [-0.39, 0.29) is 42.1 Å². The fourth-order valence-electron chi connectivity index (χ4n) is 4.47. The lowest BCUT2D eigenvalue weighted by molar-refractivity contribution is -0.301. The van der Waals surface area contributed by atoms with Gasteiger partial charge in [-0.15, -0.1) is 11.6 Å². The van der Waals surface area contributed by atoms with Gasteiger partial charge in [0.25, 0.3) is 0 Å². The highest BCUT2D eigenvalue weighted by Gasteiger charge is 2.48. The molecule has 1 aliphatic carbocycles. The molecule has 2 bridgehead atoms. The van der Waals surface area contributed by atoms with Gasteiger partial charge >= 0.3 is 5.97 Å². The van der Waals surface area contributed by atoms with Crippen molar-refractivity contribution in [3.05, 3.63) is 36.0 Å². The molecule has 0 amide bonds. The summed E-state index contributed by atoms with van der Waals surface area (Å²) in [6.07, 6.45) is 8.04. The predicted molar refractivity (Wildman–Crippen MR) is 126 cm³/mol. The number of carbonyl (C=O) groups is 1. The molecule has 0 unspecified atom stereocenters. The topological polar surface area (TPSA) is 85.2 Å². The molecular weight excluding hydrogens is 444 g/mol. The van der Waals surface area contributed by atoms with Crippen molar-refractivity contribution in [2.45, 2.75) is 82.0 Å². The van der Waals surface area contributed by atoms with Gasteiger partial charge in [0.1, 0.15) is 6.10 Å². The molecule has 3 aliphatic rings. The molecule has 182 valence electrons. The van der Waals surface area contributed by atoms with E-state index < -0.39 is 30.1 Å². The molecule has 7 heteroatoms. The number of cyclic esters (lactones) is 1. The summed E-state index contributed by atoms with van der Waals surface area (Å²) >= 11 is 5.94. The second-order valence-electron chi connectivity index (χ2n) is 9.53. The number of alkyl halides is 1. The number of carbonyl (C=O) groups excluding carboxylic acids is 1. The van der Waals surface area contributed by atoms with Gasteiger partial charge in [-0.1, -0.05) is 49.5 Å². The summed E-state index contributed by atoms with van der Waals surface area (Å²) in [5.74, 6) is 3.60.